The Morgan fingerprint density at radius 2 is 2.07 bits per heavy atom. The molecule has 0 unspecified atom stereocenters. The van der Waals surface area contributed by atoms with Crippen molar-refractivity contribution in [3.05, 3.63) is 34.3 Å². The highest BCUT2D eigenvalue weighted by atomic mass is 79.9. The zero-order valence-electron chi connectivity index (χ0n) is 7.74. The minimum Gasteiger partial charge on any atom is -0.479 e. The van der Waals surface area contributed by atoms with Crippen LogP contribution in [0.15, 0.2) is 28.7 Å². The van der Waals surface area contributed by atoms with Gasteiger partial charge in [-0.15, -0.1) is 0 Å². The fraction of sp³-hybridized carbons (Fsp3) is 0.300. The summed E-state index contributed by atoms with van der Waals surface area (Å²) in [5.74, 6) is -0.942. The van der Waals surface area contributed by atoms with Crippen molar-refractivity contribution in [3.8, 4) is 0 Å². The van der Waals surface area contributed by atoms with Crippen LogP contribution in [0, 0.1) is 0 Å². The molecule has 3 nitrogen and oxygen atoms in total. The van der Waals surface area contributed by atoms with Crippen molar-refractivity contribution in [2.24, 2.45) is 0 Å². The van der Waals surface area contributed by atoms with Gasteiger partial charge < -0.3 is 9.84 Å². The maximum absolute atomic E-state index is 10.4. The van der Waals surface area contributed by atoms with Gasteiger partial charge in [0.2, 0.25) is 0 Å². The van der Waals surface area contributed by atoms with Crippen LogP contribution in [0.1, 0.15) is 12.5 Å². The van der Waals surface area contributed by atoms with Gasteiger partial charge in [-0.2, -0.15) is 0 Å². The van der Waals surface area contributed by atoms with Gasteiger partial charge in [0.15, 0.2) is 6.10 Å². The minimum atomic E-state index is -0.942. The zero-order valence-corrected chi connectivity index (χ0v) is 9.32. The number of hydrogen-bond donors (Lipinski definition) is 1. The van der Waals surface area contributed by atoms with Crippen LogP contribution in [-0.4, -0.2) is 17.2 Å². The highest BCUT2D eigenvalue weighted by molar-refractivity contribution is 9.10. The van der Waals surface area contributed by atoms with Gasteiger partial charge in [0.25, 0.3) is 0 Å². The Morgan fingerprint density at radius 1 is 1.50 bits per heavy atom. The van der Waals surface area contributed by atoms with Crippen molar-refractivity contribution in [2.45, 2.75) is 19.6 Å². The maximum Gasteiger partial charge on any atom is 0.332 e. The lowest BCUT2D eigenvalue weighted by Crippen LogP contribution is -2.19. The third-order valence-electron chi connectivity index (χ3n) is 1.76. The molecule has 4 heteroatoms. The number of hydrogen-bond acceptors (Lipinski definition) is 2. The lowest BCUT2D eigenvalue weighted by Gasteiger charge is -2.07. The van der Waals surface area contributed by atoms with E-state index in [9.17, 15) is 4.79 Å². The molecular formula is C10H11BrO3. The lowest BCUT2D eigenvalue weighted by molar-refractivity contribution is -0.149. The predicted octanol–water partition coefficient (Wildman–Crippen LogP) is 2.44. The molecule has 0 spiro atoms. The van der Waals surface area contributed by atoms with Crippen molar-refractivity contribution in [3.63, 3.8) is 0 Å². The Labute approximate surface area is 90.8 Å². The van der Waals surface area contributed by atoms with Crippen molar-refractivity contribution < 1.29 is 14.6 Å². The summed E-state index contributed by atoms with van der Waals surface area (Å²) in [4.78, 5) is 10.4. The molecule has 0 heterocycles. The summed E-state index contributed by atoms with van der Waals surface area (Å²) < 4.78 is 6.11. The number of carboxylic acid groups (broad SMARTS) is 1. The van der Waals surface area contributed by atoms with Crippen molar-refractivity contribution >= 4 is 21.9 Å². The van der Waals surface area contributed by atoms with E-state index in [0.29, 0.717) is 6.61 Å². The number of rotatable bonds is 4. The topological polar surface area (TPSA) is 46.5 Å². The molecule has 0 saturated carbocycles. The Bertz CT molecular complexity index is 308. The molecule has 0 aliphatic heterocycles. The van der Waals surface area contributed by atoms with E-state index in [4.69, 9.17) is 9.84 Å². The first-order valence-corrected chi connectivity index (χ1v) is 4.98. The zero-order chi connectivity index (χ0) is 10.6. The summed E-state index contributed by atoms with van der Waals surface area (Å²) in [6, 6.07) is 7.56. The van der Waals surface area contributed by atoms with Crippen LogP contribution in [0.25, 0.3) is 0 Å². The highest BCUT2D eigenvalue weighted by Gasteiger charge is 2.10. The summed E-state index contributed by atoms with van der Waals surface area (Å²) in [5, 5.41) is 8.57. The monoisotopic (exact) mass is 258 g/mol. The average molecular weight is 259 g/mol. The van der Waals surface area contributed by atoms with Crippen LogP contribution in [0.4, 0.5) is 0 Å². The number of ether oxygens (including phenoxy) is 1. The molecule has 1 N–H and O–H groups in total. The van der Waals surface area contributed by atoms with Gasteiger partial charge in [0.05, 0.1) is 6.61 Å². The van der Waals surface area contributed by atoms with Crippen molar-refractivity contribution in [1.29, 1.82) is 0 Å². The molecule has 1 rings (SSSR count). The number of halogens is 1. The highest BCUT2D eigenvalue weighted by Crippen LogP contribution is 2.11. The van der Waals surface area contributed by atoms with E-state index < -0.39 is 12.1 Å². The van der Waals surface area contributed by atoms with E-state index in [-0.39, 0.29) is 0 Å². The molecule has 0 aromatic heterocycles. The summed E-state index contributed by atoms with van der Waals surface area (Å²) >= 11 is 3.31. The third kappa shape index (κ3) is 3.47. The number of carbonyl (C=O) groups is 1. The number of benzene rings is 1. The largest absolute Gasteiger partial charge is 0.479 e. The standard InChI is InChI=1S/C10H11BrO3/c1-7(10(12)13)14-6-8-2-4-9(11)5-3-8/h2-5,7H,6H2,1H3,(H,12,13)/t7-/m0/s1. The van der Waals surface area contributed by atoms with Crippen molar-refractivity contribution in [1.82, 2.24) is 0 Å². The van der Waals surface area contributed by atoms with Gasteiger partial charge in [0, 0.05) is 4.47 Å². The van der Waals surface area contributed by atoms with Crippen LogP contribution >= 0.6 is 15.9 Å². The molecule has 1 atom stereocenters. The molecule has 0 fully saturated rings. The van der Waals surface area contributed by atoms with E-state index in [1.165, 1.54) is 6.92 Å². The second-order valence-corrected chi connectivity index (χ2v) is 3.83. The first-order valence-electron chi connectivity index (χ1n) is 4.18. The van der Waals surface area contributed by atoms with E-state index >= 15 is 0 Å². The second kappa shape index (κ2) is 5.12. The van der Waals surface area contributed by atoms with Gasteiger partial charge in [-0.25, -0.2) is 4.79 Å². The number of aliphatic carboxylic acids is 1. The van der Waals surface area contributed by atoms with E-state index in [1.54, 1.807) is 0 Å². The Kier molecular flexibility index (Phi) is 4.10. The predicted molar refractivity (Wildman–Crippen MR) is 56.0 cm³/mol. The molecule has 0 aliphatic rings. The van der Waals surface area contributed by atoms with E-state index in [2.05, 4.69) is 15.9 Å². The van der Waals surface area contributed by atoms with Crippen LogP contribution in [0.3, 0.4) is 0 Å². The van der Waals surface area contributed by atoms with Crippen molar-refractivity contribution in [2.75, 3.05) is 0 Å². The molecule has 1 aromatic carbocycles. The van der Waals surface area contributed by atoms with Crippen LogP contribution in [0.5, 0.6) is 0 Å². The first kappa shape index (κ1) is 11.2. The fourth-order valence-electron chi connectivity index (χ4n) is 0.873. The molecule has 1 aromatic rings. The van der Waals surface area contributed by atoms with E-state index in [1.807, 2.05) is 24.3 Å². The average Bonchev–Trinajstić information content (AvgIpc) is 2.16. The van der Waals surface area contributed by atoms with Crippen LogP contribution in [-0.2, 0) is 16.1 Å². The summed E-state index contributed by atoms with van der Waals surface area (Å²) in [7, 11) is 0. The SMILES string of the molecule is C[C@H](OCc1ccc(Br)cc1)C(=O)O. The molecule has 0 radical (unpaired) electrons. The molecule has 0 amide bonds. The molecular weight excluding hydrogens is 248 g/mol. The van der Waals surface area contributed by atoms with Gasteiger partial charge in [-0.3, -0.25) is 0 Å². The fourth-order valence-corrected chi connectivity index (χ4v) is 1.14. The minimum absolute atomic E-state index is 0.320. The maximum atomic E-state index is 10.4. The van der Waals surface area contributed by atoms with Gasteiger partial charge in [-0.1, -0.05) is 28.1 Å². The van der Waals surface area contributed by atoms with Crippen LogP contribution < -0.4 is 0 Å². The first-order chi connectivity index (χ1) is 6.59. The van der Waals surface area contributed by atoms with Gasteiger partial charge in [0.1, 0.15) is 0 Å². The number of carboxylic acids is 1. The quantitative estimate of drug-likeness (QED) is 0.903. The molecule has 0 bridgehead atoms. The summed E-state index contributed by atoms with van der Waals surface area (Å²) in [6.45, 7) is 1.84. The Morgan fingerprint density at radius 3 is 2.57 bits per heavy atom. The second-order valence-electron chi connectivity index (χ2n) is 2.92. The van der Waals surface area contributed by atoms with E-state index in [0.717, 1.165) is 10.0 Å². The third-order valence-corrected chi connectivity index (χ3v) is 2.29. The Balaban J connectivity index is 2.46. The Hall–Kier alpha value is -0.870. The lowest BCUT2D eigenvalue weighted by atomic mass is 10.2. The van der Waals surface area contributed by atoms with Crippen LogP contribution in [0.2, 0.25) is 0 Å². The molecule has 0 aliphatic carbocycles. The normalized spacial score (nSPS) is 12.4. The van der Waals surface area contributed by atoms with Gasteiger partial charge in [-0.05, 0) is 24.6 Å². The smallest absolute Gasteiger partial charge is 0.332 e. The summed E-state index contributed by atoms with van der Waals surface area (Å²) in [6.07, 6.45) is -0.765. The molecule has 0 saturated heterocycles. The summed E-state index contributed by atoms with van der Waals surface area (Å²) in [5.41, 5.74) is 0.960. The van der Waals surface area contributed by atoms with Gasteiger partial charge >= 0.3 is 5.97 Å². The molecule has 76 valence electrons. The molecule has 14 heavy (non-hydrogen) atoms.